The Morgan fingerprint density at radius 1 is 1.40 bits per heavy atom. The Hall–Kier alpha value is -1.79. The largest absolute Gasteiger partial charge is 0.378 e. The van der Waals surface area contributed by atoms with Gasteiger partial charge in [-0.15, -0.1) is 0 Å². The van der Waals surface area contributed by atoms with E-state index in [0.29, 0.717) is 42.8 Å². The fraction of sp³-hybridized carbons (Fsp3) is 0.385. The van der Waals surface area contributed by atoms with Gasteiger partial charge in [0.15, 0.2) is 0 Å². The van der Waals surface area contributed by atoms with Crippen LogP contribution < -0.4 is 5.73 Å². The number of carbonyl (C=O) groups is 1. The number of benzene rings is 1. The van der Waals surface area contributed by atoms with Crippen molar-refractivity contribution in [1.29, 1.82) is 0 Å². The minimum atomic E-state index is 0.0225. The van der Waals surface area contributed by atoms with Gasteiger partial charge in [0.25, 0.3) is 0 Å². The van der Waals surface area contributed by atoms with Crippen LogP contribution in [0.3, 0.4) is 0 Å². The van der Waals surface area contributed by atoms with Crippen molar-refractivity contribution in [3.8, 4) is 0 Å². The van der Waals surface area contributed by atoms with E-state index in [1.807, 2.05) is 6.07 Å². The van der Waals surface area contributed by atoms with Crippen molar-refractivity contribution in [2.24, 2.45) is 0 Å². The summed E-state index contributed by atoms with van der Waals surface area (Å²) in [5.41, 5.74) is 7.41. The molecule has 1 aromatic heterocycles. The normalized spacial score (nSPS) is 15.8. The van der Waals surface area contributed by atoms with Gasteiger partial charge in [-0.25, -0.2) is 4.98 Å². The molecule has 1 saturated heterocycles. The number of halogens is 1. The number of hydrogen-bond donors (Lipinski definition) is 1. The van der Waals surface area contributed by atoms with Crippen LogP contribution in [0, 0.1) is 0 Å². The first kappa shape index (κ1) is 13.2. The number of nitrogen functional groups attached to an aromatic ring is 1. The molecule has 0 aliphatic carbocycles. The zero-order chi connectivity index (χ0) is 14.1. The molecular weight excluding hydrogens is 280 g/mol. The summed E-state index contributed by atoms with van der Waals surface area (Å²) in [6.45, 7) is 2.60. The number of fused-ring (bicyclic) bond motifs is 1. The van der Waals surface area contributed by atoms with Crippen LogP contribution in [0.15, 0.2) is 18.2 Å². The van der Waals surface area contributed by atoms with Crippen molar-refractivity contribution in [3.63, 3.8) is 0 Å². The fourth-order valence-corrected chi connectivity index (χ4v) is 2.50. The van der Waals surface area contributed by atoms with Crippen molar-refractivity contribution in [2.75, 3.05) is 32.0 Å². The lowest BCUT2D eigenvalue weighted by Crippen LogP contribution is -2.42. The number of rotatable bonds is 2. The number of ether oxygens (including phenoxy) is 1. The van der Waals surface area contributed by atoms with Crippen LogP contribution in [-0.2, 0) is 16.1 Å². The second kappa shape index (κ2) is 5.30. The molecule has 0 bridgehead atoms. The molecule has 106 valence electrons. The molecule has 1 amide bonds. The fourth-order valence-electron chi connectivity index (χ4n) is 2.34. The molecule has 1 aliphatic heterocycles. The Kier molecular flexibility index (Phi) is 3.50. The third-order valence-electron chi connectivity index (χ3n) is 3.40. The van der Waals surface area contributed by atoms with Crippen LogP contribution in [0.2, 0.25) is 5.02 Å². The maximum absolute atomic E-state index is 12.3. The number of carbonyl (C=O) groups excluding carboxylic acids is 1. The highest BCUT2D eigenvalue weighted by molar-refractivity contribution is 6.31. The molecule has 2 heterocycles. The van der Waals surface area contributed by atoms with Crippen molar-refractivity contribution >= 4 is 34.5 Å². The smallest absolute Gasteiger partial charge is 0.242 e. The van der Waals surface area contributed by atoms with Gasteiger partial charge in [-0.05, 0) is 18.2 Å². The van der Waals surface area contributed by atoms with Gasteiger partial charge in [0.1, 0.15) is 6.54 Å². The van der Waals surface area contributed by atoms with Gasteiger partial charge in [-0.3, -0.25) is 4.79 Å². The minimum Gasteiger partial charge on any atom is -0.378 e. The average molecular weight is 295 g/mol. The van der Waals surface area contributed by atoms with Gasteiger partial charge in [0, 0.05) is 18.1 Å². The van der Waals surface area contributed by atoms with Crippen LogP contribution in [0.5, 0.6) is 0 Å². The number of nitrogens with two attached hydrogens (primary N) is 1. The molecule has 20 heavy (non-hydrogen) atoms. The molecule has 2 aromatic rings. The quantitative estimate of drug-likeness (QED) is 0.901. The number of morpholine rings is 1. The SMILES string of the molecule is Nc1nc2cc(Cl)ccc2n1CC(=O)N1CCOCC1. The maximum atomic E-state index is 12.3. The lowest BCUT2D eigenvalue weighted by Gasteiger charge is -2.27. The molecule has 3 rings (SSSR count). The molecule has 0 spiro atoms. The first-order valence-electron chi connectivity index (χ1n) is 6.42. The Bertz CT molecular complexity index is 649. The molecule has 0 unspecified atom stereocenters. The van der Waals surface area contributed by atoms with E-state index in [9.17, 15) is 4.79 Å². The minimum absolute atomic E-state index is 0.0225. The molecule has 1 aromatic carbocycles. The second-order valence-corrected chi connectivity index (χ2v) is 5.12. The van der Waals surface area contributed by atoms with Crippen LogP contribution in [0.4, 0.5) is 5.95 Å². The Balaban J connectivity index is 1.86. The van der Waals surface area contributed by atoms with Gasteiger partial charge < -0.3 is 19.9 Å². The predicted molar refractivity (Wildman–Crippen MR) is 76.6 cm³/mol. The Morgan fingerprint density at radius 3 is 2.90 bits per heavy atom. The lowest BCUT2D eigenvalue weighted by atomic mass is 10.3. The van der Waals surface area contributed by atoms with E-state index in [-0.39, 0.29) is 12.5 Å². The van der Waals surface area contributed by atoms with Gasteiger partial charge in [0.2, 0.25) is 11.9 Å². The van der Waals surface area contributed by atoms with E-state index >= 15 is 0 Å². The monoisotopic (exact) mass is 294 g/mol. The van der Waals surface area contributed by atoms with Gasteiger partial charge >= 0.3 is 0 Å². The van der Waals surface area contributed by atoms with Crippen LogP contribution >= 0.6 is 11.6 Å². The van der Waals surface area contributed by atoms with E-state index in [4.69, 9.17) is 22.1 Å². The summed E-state index contributed by atoms with van der Waals surface area (Å²) in [4.78, 5) is 18.3. The molecule has 0 radical (unpaired) electrons. The van der Waals surface area contributed by atoms with E-state index in [1.165, 1.54) is 0 Å². The van der Waals surface area contributed by atoms with Crippen molar-refractivity contribution in [3.05, 3.63) is 23.2 Å². The molecule has 1 aliphatic rings. The highest BCUT2D eigenvalue weighted by Crippen LogP contribution is 2.21. The van der Waals surface area contributed by atoms with Crippen LogP contribution in [-0.4, -0.2) is 46.7 Å². The first-order chi connectivity index (χ1) is 9.65. The second-order valence-electron chi connectivity index (χ2n) is 4.68. The zero-order valence-electron chi connectivity index (χ0n) is 10.9. The zero-order valence-corrected chi connectivity index (χ0v) is 11.6. The molecule has 0 saturated carbocycles. The number of amides is 1. The molecule has 1 fully saturated rings. The van der Waals surface area contributed by atoms with Crippen molar-refractivity contribution in [2.45, 2.75) is 6.54 Å². The lowest BCUT2D eigenvalue weighted by molar-refractivity contribution is -0.135. The maximum Gasteiger partial charge on any atom is 0.242 e. The molecule has 7 heteroatoms. The summed E-state index contributed by atoms with van der Waals surface area (Å²) >= 11 is 5.93. The van der Waals surface area contributed by atoms with E-state index in [2.05, 4.69) is 4.98 Å². The Morgan fingerprint density at radius 2 is 2.15 bits per heavy atom. The number of nitrogens with zero attached hydrogens (tertiary/aromatic N) is 3. The van der Waals surface area contributed by atoms with Gasteiger partial charge in [0.05, 0.1) is 24.2 Å². The first-order valence-corrected chi connectivity index (χ1v) is 6.80. The molecular formula is C13H15ClN4O2. The predicted octanol–water partition coefficient (Wildman–Crippen LogP) is 1.13. The van der Waals surface area contributed by atoms with Gasteiger partial charge in [-0.1, -0.05) is 11.6 Å². The highest BCUT2D eigenvalue weighted by atomic mass is 35.5. The summed E-state index contributed by atoms with van der Waals surface area (Å²) < 4.78 is 6.95. The van der Waals surface area contributed by atoms with E-state index in [1.54, 1.807) is 21.6 Å². The number of anilines is 1. The molecule has 2 N–H and O–H groups in total. The summed E-state index contributed by atoms with van der Waals surface area (Å²) in [6.07, 6.45) is 0. The van der Waals surface area contributed by atoms with Crippen LogP contribution in [0.25, 0.3) is 11.0 Å². The average Bonchev–Trinajstić information content (AvgIpc) is 2.75. The third-order valence-corrected chi connectivity index (χ3v) is 3.63. The van der Waals surface area contributed by atoms with Crippen molar-refractivity contribution in [1.82, 2.24) is 14.5 Å². The number of hydrogen-bond acceptors (Lipinski definition) is 4. The topological polar surface area (TPSA) is 73.4 Å². The molecule has 6 nitrogen and oxygen atoms in total. The summed E-state index contributed by atoms with van der Waals surface area (Å²) in [5.74, 6) is 0.345. The molecule has 0 atom stereocenters. The highest BCUT2D eigenvalue weighted by Gasteiger charge is 2.19. The Labute approximate surface area is 121 Å². The van der Waals surface area contributed by atoms with E-state index in [0.717, 1.165) is 5.52 Å². The standard InChI is InChI=1S/C13H15ClN4O2/c14-9-1-2-11-10(7-9)16-13(15)18(11)8-12(19)17-3-5-20-6-4-17/h1-2,7H,3-6,8H2,(H2,15,16). The van der Waals surface area contributed by atoms with Gasteiger partial charge in [-0.2, -0.15) is 0 Å². The van der Waals surface area contributed by atoms with Crippen LogP contribution in [0.1, 0.15) is 0 Å². The third kappa shape index (κ3) is 2.44. The summed E-state index contributed by atoms with van der Waals surface area (Å²) in [6, 6.07) is 5.33. The summed E-state index contributed by atoms with van der Waals surface area (Å²) in [7, 11) is 0. The number of aromatic nitrogens is 2. The van der Waals surface area contributed by atoms with E-state index < -0.39 is 0 Å². The summed E-state index contributed by atoms with van der Waals surface area (Å²) in [5, 5.41) is 0.599. The van der Waals surface area contributed by atoms with Crippen molar-refractivity contribution < 1.29 is 9.53 Å². The number of imidazole rings is 1.